The smallest absolute Gasteiger partial charge is 0.387 e. The van der Waals surface area contributed by atoms with Crippen molar-refractivity contribution in [2.45, 2.75) is 165 Å². The highest BCUT2D eigenvalue weighted by Crippen LogP contribution is 2.38. The van der Waals surface area contributed by atoms with E-state index in [1.54, 1.807) is 97.9 Å². The molecule has 0 spiro atoms. The molecule has 140 heavy (non-hydrogen) atoms. The summed E-state index contributed by atoms with van der Waals surface area (Å²) in [5.41, 5.74) is 12.0. The van der Waals surface area contributed by atoms with E-state index in [0.29, 0.717) is 78.4 Å². The van der Waals surface area contributed by atoms with Crippen molar-refractivity contribution in [3.63, 3.8) is 0 Å². The largest absolute Gasteiger partial charge is 0.432 e. The van der Waals surface area contributed by atoms with Crippen LogP contribution in [0.2, 0.25) is 5.02 Å². The predicted octanol–water partition coefficient (Wildman–Crippen LogP) is 38.1. The zero-order valence-electron chi connectivity index (χ0n) is 78.8. The number of hydrogen-bond donors (Lipinski definition) is 0. The molecule has 3 unspecified atom stereocenters. The molecule has 0 bridgehead atoms. The average Bonchev–Trinajstić information content (AvgIpc) is 0.792. The van der Waals surface area contributed by atoms with Gasteiger partial charge in [-0.15, -0.1) is 0 Å². The van der Waals surface area contributed by atoms with Crippen LogP contribution in [0.5, 0.6) is 5.75 Å². The number of ether oxygens (including phenoxy) is 1. The lowest BCUT2D eigenvalue weighted by molar-refractivity contribution is -0.0521. The maximum Gasteiger partial charge on any atom is 0.387 e. The maximum atomic E-state index is 14.4. The molecular formula is C118H107ClF20O. The number of halogens is 21. The van der Waals surface area contributed by atoms with Crippen LogP contribution in [-0.2, 0) is 19.3 Å². The van der Waals surface area contributed by atoms with E-state index in [-0.39, 0.29) is 56.6 Å². The van der Waals surface area contributed by atoms with Gasteiger partial charge in [-0.2, -0.15) is 8.78 Å². The van der Waals surface area contributed by atoms with Crippen molar-refractivity contribution >= 4 is 11.6 Å². The molecule has 0 aliphatic carbocycles. The summed E-state index contributed by atoms with van der Waals surface area (Å²) in [4.78, 5) is 0. The monoisotopic (exact) mass is 1950 g/mol. The molecule has 732 valence electrons. The fraction of sp³-hybridized carbons (Fsp3) is 0.237. The quantitative estimate of drug-likeness (QED) is 0.0335. The van der Waals surface area contributed by atoms with Crippen molar-refractivity contribution in [3.8, 4) is 106 Å². The van der Waals surface area contributed by atoms with Crippen molar-refractivity contribution in [2.24, 2.45) is 17.8 Å². The van der Waals surface area contributed by atoms with Crippen LogP contribution in [0, 0.1) is 143 Å². The second-order valence-electron chi connectivity index (χ2n) is 34.9. The van der Waals surface area contributed by atoms with Gasteiger partial charge in [-0.25, -0.2) is 79.0 Å². The Hall–Kier alpha value is -13.0. The fourth-order valence-electron chi connectivity index (χ4n) is 16.1. The Morgan fingerprint density at radius 1 is 0.229 bits per heavy atom. The van der Waals surface area contributed by atoms with Gasteiger partial charge in [-0.3, -0.25) is 0 Å². The summed E-state index contributed by atoms with van der Waals surface area (Å²) in [5.74, 6) is -13.8. The summed E-state index contributed by atoms with van der Waals surface area (Å²) in [5, 5.41) is 0.600. The maximum absolute atomic E-state index is 14.4. The number of rotatable bonds is 29. The normalized spacial score (nSPS) is 11.6. The summed E-state index contributed by atoms with van der Waals surface area (Å²) < 4.78 is 275. The Labute approximate surface area is 810 Å². The number of alkyl halides is 2. The molecule has 0 aliphatic heterocycles. The zero-order chi connectivity index (χ0) is 102. The molecular weight excluding hydrogens is 1850 g/mol. The molecule has 3 atom stereocenters. The second kappa shape index (κ2) is 52.8. The number of hydrogen-bond acceptors (Lipinski definition) is 1. The third kappa shape index (κ3) is 31.8. The number of benzene rings is 15. The van der Waals surface area contributed by atoms with Gasteiger partial charge in [0.05, 0.1) is 0 Å². The van der Waals surface area contributed by atoms with E-state index in [4.69, 9.17) is 11.6 Å². The van der Waals surface area contributed by atoms with Crippen LogP contribution in [0.1, 0.15) is 152 Å². The molecule has 15 rings (SSSR count). The summed E-state index contributed by atoms with van der Waals surface area (Å²) in [7, 11) is 0. The van der Waals surface area contributed by atoms with Gasteiger partial charge in [-0.1, -0.05) is 274 Å². The molecule has 0 radical (unpaired) electrons. The van der Waals surface area contributed by atoms with Gasteiger partial charge in [-0.05, 0) is 282 Å². The first-order chi connectivity index (χ1) is 66.9. The van der Waals surface area contributed by atoms with E-state index in [1.807, 2.05) is 56.3 Å². The van der Waals surface area contributed by atoms with Crippen LogP contribution < -0.4 is 4.74 Å². The molecule has 15 aromatic carbocycles. The van der Waals surface area contributed by atoms with Gasteiger partial charge >= 0.3 is 6.61 Å². The number of aryl methyl sites for hydroxylation is 6. The van der Waals surface area contributed by atoms with Gasteiger partial charge in [0.2, 0.25) is 0 Å². The Bertz CT molecular complexity index is 6430. The first-order valence-electron chi connectivity index (χ1n) is 46.2. The minimum atomic E-state index is -3.11. The van der Waals surface area contributed by atoms with E-state index in [0.717, 1.165) is 157 Å². The Morgan fingerprint density at radius 3 is 0.829 bits per heavy atom. The molecule has 0 amide bonds. The molecule has 0 aliphatic rings. The summed E-state index contributed by atoms with van der Waals surface area (Å²) in [6, 6.07) is 68.1. The van der Waals surface area contributed by atoms with Gasteiger partial charge in [0.25, 0.3) is 0 Å². The summed E-state index contributed by atoms with van der Waals surface area (Å²) >= 11 is 5.84. The van der Waals surface area contributed by atoms with Crippen molar-refractivity contribution in [1.82, 2.24) is 0 Å². The van der Waals surface area contributed by atoms with Crippen LogP contribution in [-0.4, -0.2) is 6.61 Å². The first-order valence-corrected chi connectivity index (χ1v) is 46.6. The van der Waals surface area contributed by atoms with E-state index in [9.17, 15) is 87.8 Å². The fourth-order valence-corrected chi connectivity index (χ4v) is 16.3. The van der Waals surface area contributed by atoms with Gasteiger partial charge < -0.3 is 4.74 Å². The Morgan fingerprint density at radius 2 is 0.493 bits per heavy atom. The Balaban J connectivity index is 0.000000173. The van der Waals surface area contributed by atoms with Crippen LogP contribution in [0.25, 0.3) is 100 Å². The molecule has 22 heteroatoms. The van der Waals surface area contributed by atoms with Gasteiger partial charge in [0.1, 0.15) is 52.4 Å². The Kier molecular flexibility index (Phi) is 41.1. The highest BCUT2D eigenvalue weighted by molar-refractivity contribution is 6.30. The van der Waals surface area contributed by atoms with Crippen LogP contribution in [0.4, 0.5) is 87.8 Å². The predicted molar refractivity (Wildman–Crippen MR) is 524 cm³/mol. The molecule has 0 saturated heterocycles. The first kappa shape index (κ1) is 109. The van der Waals surface area contributed by atoms with Crippen molar-refractivity contribution in [3.05, 3.63) is 422 Å². The van der Waals surface area contributed by atoms with E-state index in [2.05, 4.69) is 46.3 Å². The minimum Gasteiger partial charge on any atom is -0.432 e. The minimum absolute atomic E-state index is 0.00739. The zero-order valence-corrected chi connectivity index (χ0v) is 79.6. The van der Waals surface area contributed by atoms with Crippen molar-refractivity contribution in [1.29, 1.82) is 0 Å². The third-order valence-electron chi connectivity index (χ3n) is 23.7. The van der Waals surface area contributed by atoms with Gasteiger partial charge in [0.15, 0.2) is 58.1 Å². The summed E-state index contributed by atoms with van der Waals surface area (Å²) in [6.07, 6.45) is 15.9. The van der Waals surface area contributed by atoms with E-state index < -0.39 is 93.8 Å². The van der Waals surface area contributed by atoms with Crippen LogP contribution in [0.3, 0.4) is 0 Å². The highest BCUT2D eigenvalue weighted by atomic mass is 35.5. The van der Waals surface area contributed by atoms with Crippen molar-refractivity contribution < 1.29 is 92.5 Å². The molecule has 0 aromatic heterocycles. The second-order valence-corrected chi connectivity index (χ2v) is 35.3. The average molecular weight is 1960 g/mol. The molecule has 15 aromatic rings. The van der Waals surface area contributed by atoms with E-state index in [1.165, 1.54) is 129 Å². The van der Waals surface area contributed by atoms with Crippen LogP contribution >= 0.6 is 11.6 Å². The third-order valence-corrected chi connectivity index (χ3v) is 23.9. The molecule has 0 heterocycles. The van der Waals surface area contributed by atoms with E-state index >= 15 is 0 Å². The molecule has 1 nitrogen and oxygen atoms in total. The lowest BCUT2D eigenvalue weighted by Crippen LogP contribution is -2.03. The van der Waals surface area contributed by atoms with Crippen molar-refractivity contribution in [2.75, 3.05) is 0 Å². The lowest BCUT2D eigenvalue weighted by Gasteiger charge is -2.11. The van der Waals surface area contributed by atoms with Crippen LogP contribution in [0.15, 0.2) is 279 Å². The lowest BCUT2D eigenvalue weighted by atomic mass is 9.96. The molecule has 0 saturated carbocycles. The summed E-state index contributed by atoms with van der Waals surface area (Å²) in [6.45, 7) is 15.7. The van der Waals surface area contributed by atoms with Gasteiger partial charge in [0, 0.05) is 49.5 Å². The molecule has 0 N–H and O–H groups in total. The highest BCUT2D eigenvalue weighted by Gasteiger charge is 2.22. The SMILES string of the molecule is CCCC(C)CCCc1ccc(-c2cc(F)c(F)c(F)c2)c(F)c1.CCCC(C)CCCc1ccc(-c2ccc(F)c(F)c2)c(F)c1.CCCC(C)CCCc1ccc(-c2ccc(OC(F)F)c(F)c2)c(F)c1.Cc1ccc(-c2ccc(-c3cc(F)c(F)c(F)c3)c(F)c2)cc1.Cc1ccc(-c2ccc(-c3ccc(Cl)cc3)c(F)c2)c(F)c1.Cc1ccc(-c2ccc(-c3ccc(F)cc3)c(F)c2)c(F)c1. The molecule has 0 fully saturated rings. The standard InChI is InChI=1S/C21H24F4O.C20H22F4.C20H23F3.C19H13ClF2.C19H12F4.C19H13F3/c1-3-5-14(2)6-4-7-15-8-10-17(18(22)12-15)16-9-11-20(19(23)13-16)26-21(24)25;1-3-5-13(2)6-4-7-14-8-9-16(17(21)10-14)15-11-18(22)20(24)19(23)12-15;1-3-5-14(2)6-4-7-15-8-10-17(19(22)12-15)16-9-11-18(21)20(23)13-16;1-12-2-8-17(18(21)10-12)14-5-9-16(19(22)11-14)13-3-6-15(20)7-4-13;1-11-2-4-12(5-3-11)13-6-7-15(16(20)8-13)14-9-17(21)19(23)18(22)10-14;1-12-2-8-17(18(21)10-12)14-5-9-16(19(22)11-14)13-3-6-15(20)7-4-13/h8-14,21H,3-7H2,1-2H3;8-13H,3-7H2,1-2H3;8-14H,3-7H2,1-2H3;2-11H,1H3;2-10H,1H3;2-11H,1H3. The topological polar surface area (TPSA) is 9.23 Å².